The molecular formula is C20H28N4O2. The van der Waals surface area contributed by atoms with Gasteiger partial charge in [-0.15, -0.1) is 0 Å². The molecule has 3 rings (SSSR count). The summed E-state index contributed by atoms with van der Waals surface area (Å²) in [4.78, 5) is 14.7. The van der Waals surface area contributed by atoms with Gasteiger partial charge in [-0.3, -0.25) is 9.48 Å². The van der Waals surface area contributed by atoms with E-state index in [2.05, 4.69) is 31.2 Å². The first kappa shape index (κ1) is 18.3. The van der Waals surface area contributed by atoms with Gasteiger partial charge in [0.05, 0.1) is 30.4 Å². The Labute approximate surface area is 155 Å². The number of rotatable bonds is 7. The number of carbonyl (C=O) groups excluding carboxylic acids is 1. The van der Waals surface area contributed by atoms with E-state index in [9.17, 15) is 4.79 Å². The molecule has 0 spiro atoms. The number of ether oxygens (including phenoxy) is 1. The van der Waals surface area contributed by atoms with Crippen molar-refractivity contribution >= 4 is 17.3 Å². The molecule has 1 unspecified atom stereocenters. The summed E-state index contributed by atoms with van der Waals surface area (Å²) in [5.41, 5.74) is 2.95. The Morgan fingerprint density at radius 3 is 2.81 bits per heavy atom. The van der Waals surface area contributed by atoms with Crippen LogP contribution in [0.15, 0.2) is 30.5 Å². The standard InChI is InChI=1S/C20H28N4O2/c1-5-17-16(12-21-24(17)13-14(2)3)22-15-10-11-23(20(15)25)18-8-6-7-9-19(18)26-4/h6-9,12,14-15,22H,5,10-11,13H2,1-4H3. The highest BCUT2D eigenvalue weighted by atomic mass is 16.5. The van der Waals surface area contributed by atoms with Crippen molar-refractivity contribution < 1.29 is 9.53 Å². The molecule has 1 fully saturated rings. The minimum Gasteiger partial charge on any atom is -0.495 e. The summed E-state index contributed by atoms with van der Waals surface area (Å²) in [5.74, 6) is 1.33. The summed E-state index contributed by atoms with van der Waals surface area (Å²) in [6.07, 6.45) is 3.49. The number of aromatic nitrogens is 2. The second-order valence-corrected chi connectivity index (χ2v) is 7.08. The maximum Gasteiger partial charge on any atom is 0.249 e. The van der Waals surface area contributed by atoms with Crippen LogP contribution in [-0.2, 0) is 17.8 Å². The molecule has 1 aliphatic rings. The van der Waals surface area contributed by atoms with E-state index in [4.69, 9.17) is 4.74 Å². The van der Waals surface area contributed by atoms with Crippen LogP contribution in [0.5, 0.6) is 5.75 Å². The summed E-state index contributed by atoms with van der Waals surface area (Å²) in [6, 6.07) is 7.42. The largest absolute Gasteiger partial charge is 0.495 e. The van der Waals surface area contributed by atoms with E-state index in [1.54, 1.807) is 12.0 Å². The highest BCUT2D eigenvalue weighted by Crippen LogP contribution is 2.32. The van der Waals surface area contributed by atoms with Gasteiger partial charge in [0.1, 0.15) is 11.8 Å². The first-order valence-corrected chi connectivity index (χ1v) is 9.30. The van der Waals surface area contributed by atoms with Crippen molar-refractivity contribution in [2.24, 2.45) is 5.92 Å². The Morgan fingerprint density at radius 2 is 2.12 bits per heavy atom. The van der Waals surface area contributed by atoms with Crippen molar-refractivity contribution in [2.75, 3.05) is 23.9 Å². The summed E-state index contributed by atoms with van der Waals surface area (Å²) in [5, 5.41) is 7.93. The third kappa shape index (κ3) is 3.54. The molecule has 1 saturated heterocycles. The number of benzene rings is 1. The van der Waals surface area contributed by atoms with Crippen molar-refractivity contribution in [3.63, 3.8) is 0 Å². The second-order valence-electron chi connectivity index (χ2n) is 7.08. The zero-order valence-corrected chi connectivity index (χ0v) is 16.0. The summed E-state index contributed by atoms with van der Waals surface area (Å²) >= 11 is 0. The fourth-order valence-corrected chi connectivity index (χ4v) is 3.50. The lowest BCUT2D eigenvalue weighted by Crippen LogP contribution is -2.33. The molecule has 26 heavy (non-hydrogen) atoms. The van der Waals surface area contributed by atoms with Crippen LogP contribution in [0, 0.1) is 5.92 Å². The molecule has 140 valence electrons. The molecule has 1 aromatic carbocycles. The number of hydrogen-bond acceptors (Lipinski definition) is 4. The summed E-state index contributed by atoms with van der Waals surface area (Å²) in [6.45, 7) is 8.05. The number of nitrogens with zero attached hydrogens (tertiary/aromatic N) is 3. The molecule has 0 aliphatic carbocycles. The lowest BCUT2D eigenvalue weighted by atomic mass is 10.2. The van der Waals surface area contributed by atoms with Gasteiger partial charge in [0.2, 0.25) is 5.91 Å². The molecule has 0 saturated carbocycles. The monoisotopic (exact) mass is 356 g/mol. The second kappa shape index (κ2) is 7.81. The minimum atomic E-state index is -0.234. The zero-order valence-electron chi connectivity index (χ0n) is 16.0. The average molecular weight is 356 g/mol. The smallest absolute Gasteiger partial charge is 0.249 e. The van der Waals surface area contributed by atoms with Gasteiger partial charge < -0.3 is 15.0 Å². The maximum absolute atomic E-state index is 12.9. The number of para-hydroxylation sites is 2. The number of carbonyl (C=O) groups is 1. The zero-order chi connectivity index (χ0) is 18.7. The highest BCUT2D eigenvalue weighted by molar-refractivity contribution is 6.02. The van der Waals surface area contributed by atoms with Crippen LogP contribution >= 0.6 is 0 Å². The Hall–Kier alpha value is -2.50. The van der Waals surface area contributed by atoms with Crippen LogP contribution in [0.2, 0.25) is 0 Å². The molecule has 1 N–H and O–H groups in total. The van der Waals surface area contributed by atoms with Gasteiger partial charge in [-0.1, -0.05) is 32.9 Å². The highest BCUT2D eigenvalue weighted by Gasteiger charge is 2.34. The predicted molar refractivity (Wildman–Crippen MR) is 104 cm³/mol. The van der Waals surface area contributed by atoms with E-state index < -0.39 is 0 Å². The molecule has 0 radical (unpaired) electrons. The number of methoxy groups -OCH3 is 1. The van der Waals surface area contributed by atoms with Gasteiger partial charge in [0.25, 0.3) is 0 Å². The summed E-state index contributed by atoms with van der Waals surface area (Å²) < 4.78 is 7.45. The van der Waals surface area contributed by atoms with E-state index in [-0.39, 0.29) is 11.9 Å². The molecule has 2 aromatic rings. The predicted octanol–water partition coefficient (Wildman–Crippen LogP) is 3.33. The first-order chi connectivity index (χ1) is 12.5. The topological polar surface area (TPSA) is 59.4 Å². The lowest BCUT2D eigenvalue weighted by Gasteiger charge is -2.20. The Kier molecular flexibility index (Phi) is 5.49. The van der Waals surface area contributed by atoms with E-state index >= 15 is 0 Å². The third-order valence-corrected chi connectivity index (χ3v) is 4.73. The van der Waals surface area contributed by atoms with Crippen molar-refractivity contribution in [1.82, 2.24) is 9.78 Å². The van der Waals surface area contributed by atoms with Crippen LogP contribution in [-0.4, -0.2) is 35.4 Å². The van der Waals surface area contributed by atoms with E-state index in [0.29, 0.717) is 12.5 Å². The van der Waals surface area contributed by atoms with Crippen molar-refractivity contribution in [3.05, 3.63) is 36.2 Å². The van der Waals surface area contributed by atoms with Crippen molar-refractivity contribution in [2.45, 2.75) is 46.2 Å². The molecule has 6 heteroatoms. The van der Waals surface area contributed by atoms with Gasteiger partial charge in [-0.2, -0.15) is 5.10 Å². The number of anilines is 2. The third-order valence-electron chi connectivity index (χ3n) is 4.73. The van der Waals surface area contributed by atoms with E-state index in [1.165, 1.54) is 0 Å². The van der Waals surface area contributed by atoms with Crippen LogP contribution in [0.4, 0.5) is 11.4 Å². The van der Waals surface area contributed by atoms with Crippen LogP contribution < -0.4 is 15.0 Å². The Balaban J connectivity index is 1.76. The normalized spacial score (nSPS) is 17.2. The number of amides is 1. The van der Waals surface area contributed by atoms with E-state index in [1.807, 2.05) is 35.1 Å². The van der Waals surface area contributed by atoms with Gasteiger partial charge >= 0.3 is 0 Å². The maximum atomic E-state index is 12.9. The van der Waals surface area contributed by atoms with Gasteiger partial charge in [0, 0.05) is 13.1 Å². The molecular weight excluding hydrogens is 328 g/mol. The van der Waals surface area contributed by atoms with Gasteiger partial charge in [0.15, 0.2) is 0 Å². The Morgan fingerprint density at radius 1 is 1.35 bits per heavy atom. The summed E-state index contributed by atoms with van der Waals surface area (Å²) in [7, 11) is 1.63. The molecule has 6 nitrogen and oxygen atoms in total. The van der Waals surface area contributed by atoms with E-state index in [0.717, 1.165) is 42.2 Å². The quantitative estimate of drug-likeness (QED) is 0.827. The van der Waals surface area contributed by atoms with Crippen LogP contribution in [0.1, 0.15) is 32.9 Å². The van der Waals surface area contributed by atoms with Crippen LogP contribution in [0.25, 0.3) is 0 Å². The van der Waals surface area contributed by atoms with Gasteiger partial charge in [-0.25, -0.2) is 0 Å². The minimum absolute atomic E-state index is 0.0770. The van der Waals surface area contributed by atoms with Gasteiger partial charge in [-0.05, 0) is 30.9 Å². The molecule has 2 heterocycles. The molecule has 1 aliphatic heterocycles. The van der Waals surface area contributed by atoms with Crippen molar-refractivity contribution in [3.8, 4) is 5.75 Å². The molecule has 0 bridgehead atoms. The number of nitrogens with one attached hydrogen (secondary N) is 1. The van der Waals surface area contributed by atoms with Crippen molar-refractivity contribution in [1.29, 1.82) is 0 Å². The SMILES string of the molecule is CCc1c(NC2CCN(c3ccccc3OC)C2=O)cnn1CC(C)C. The molecule has 1 aromatic heterocycles. The number of hydrogen-bond donors (Lipinski definition) is 1. The lowest BCUT2D eigenvalue weighted by molar-refractivity contribution is -0.117. The first-order valence-electron chi connectivity index (χ1n) is 9.30. The average Bonchev–Trinajstić information content (AvgIpc) is 3.18. The molecule has 1 atom stereocenters. The Bertz CT molecular complexity index is 769. The molecule has 1 amide bonds. The fraction of sp³-hybridized carbons (Fsp3) is 0.500. The fourth-order valence-electron chi connectivity index (χ4n) is 3.50. The van der Waals surface area contributed by atoms with Crippen LogP contribution in [0.3, 0.4) is 0 Å².